The first-order chi connectivity index (χ1) is 17.9. The summed E-state index contributed by atoms with van der Waals surface area (Å²) in [5.74, 6) is -0.390. The van der Waals surface area contributed by atoms with Gasteiger partial charge in [-0.1, -0.05) is 36.4 Å². The molecule has 5 rings (SSSR count). The Hall–Kier alpha value is -3.82. The van der Waals surface area contributed by atoms with Crippen molar-refractivity contribution in [3.63, 3.8) is 0 Å². The largest absolute Gasteiger partial charge is 0.379 e. The standard InChI is InChI=1S/C28H32N6O3/c1-19-8-6-12-34-25(19)31-26-23(28(34)36)18-22(27(35)30-20(2)21-9-4-3-5-10-21)24(29)33(26)13-7-11-32-14-16-37-17-15-32/h3-6,8-10,12,18,20,29H,7,11,13-17H2,1-2H3,(H,30,35)/t20-/m0/s1. The van der Waals surface area contributed by atoms with E-state index in [9.17, 15) is 9.59 Å². The monoisotopic (exact) mass is 500 g/mol. The van der Waals surface area contributed by atoms with Crippen LogP contribution in [0, 0.1) is 12.3 Å². The van der Waals surface area contributed by atoms with Crippen LogP contribution in [0.4, 0.5) is 0 Å². The van der Waals surface area contributed by atoms with Crippen LogP contribution in [0.5, 0.6) is 0 Å². The Labute approximate surface area is 214 Å². The number of hydrogen-bond donors (Lipinski definition) is 2. The van der Waals surface area contributed by atoms with Gasteiger partial charge < -0.3 is 14.6 Å². The number of fused-ring (bicyclic) bond motifs is 2. The molecule has 2 N–H and O–H groups in total. The molecule has 4 aromatic rings. The van der Waals surface area contributed by atoms with Crippen molar-refractivity contribution in [1.82, 2.24) is 24.2 Å². The van der Waals surface area contributed by atoms with Crippen molar-refractivity contribution in [2.75, 3.05) is 32.8 Å². The molecule has 1 saturated heterocycles. The Bertz CT molecular complexity index is 1550. The van der Waals surface area contributed by atoms with Crippen LogP contribution in [0.3, 0.4) is 0 Å². The van der Waals surface area contributed by atoms with Gasteiger partial charge in [0.05, 0.1) is 30.2 Å². The number of carbonyl (C=O) groups is 1. The van der Waals surface area contributed by atoms with E-state index in [2.05, 4.69) is 10.2 Å². The quantitative estimate of drug-likeness (QED) is 0.380. The Balaban J connectivity index is 1.56. The highest BCUT2D eigenvalue weighted by Gasteiger charge is 2.20. The maximum atomic E-state index is 13.5. The maximum Gasteiger partial charge on any atom is 0.267 e. The Morgan fingerprint density at radius 1 is 1.11 bits per heavy atom. The normalized spacial score (nSPS) is 15.2. The van der Waals surface area contributed by atoms with Crippen LogP contribution >= 0.6 is 0 Å². The van der Waals surface area contributed by atoms with Crippen LogP contribution in [-0.2, 0) is 11.3 Å². The van der Waals surface area contributed by atoms with Crippen molar-refractivity contribution in [3.05, 3.63) is 87.3 Å². The number of carbonyl (C=O) groups excluding carboxylic acids is 1. The number of ether oxygens (including phenoxy) is 1. The molecule has 37 heavy (non-hydrogen) atoms. The highest BCUT2D eigenvalue weighted by Crippen LogP contribution is 2.15. The zero-order valence-electron chi connectivity index (χ0n) is 21.2. The minimum atomic E-state index is -0.390. The molecule has 0 radical (unpaired) electrons. The van der Waals surface area contributed by atoms with Gasteiger partial charge in [-0.15, -0.1) is 0 Å². The topological polar surface area (TPSA) is 105 Å². The van der Waals surface area contributed by atoms with Crippen LogP contribution in [-0.4, -0.2) is 57.6 Å². The molecule has 0 aliphatic carbocycles. The summed E-state index contributed by atoms with van der Waals surface area (Å²) in [6.45, 7) is 8.31. The molecule has 1 aromatic carbocycles. The second-order valence-corrected chi connectivity index (χ2v) is 9.51. The van der Waals surface area contributed by atoms with Gasteiger partial charge in [-0.3, -0.25) is 24.3 Å². The third-order valence-electron chi connectivity index (χ3n) is 6.99. The Morgan fingerprint density at radius 2 is 1.86 bits per heavy atom. The number of aromatic nitrogens is 3. The number of benzene rings is 1. The van der Waals surface area contributed by atoms with Crippen LogP contribution in [0.1, 0.15) is 40.9 Å². The van der Waals surface area contributed by atoms with E-state index in [4.69, 9.17) is 15.1 Å². The lowest BCUT2D eigenvalue weighted by Gasteiger charge is -2.26. The molecule has 1 atom stereocenters. The fourth-order valence-electron chi connectivity index (χ4n) is 4.86. The molecule has 192 valence electrons. The minimum absolute atomic E-state index is 0.0528. The average Bonchev–Trinajstić information content (AvgIpc) is 2.91. The van der Waals surface area contributed by atoms with Gasteiger partial charge in [-0.25, -0.2) is 4.98 Å². The first-order valence-electron chi connectivity index (χ1n) is 12.7. The molecule has 9 heteroatoms. The summed E-state index contributed by atoms with van der Waals surface area (Å²) in [7, 11) is 0. The Kier molecular flexibility index (Phi) is 7.16. The van der Waals surface area contributed by atoms with Gasteiger partial charge in [0, 0.05) is 32.4 Å². The molecule has 1 aliphatic rings. The van der Waals surface area contributed by atoms with E-state index in [1.165, 1.54) is 10.5 Å². The van der Waals surface area contributed by atoms with Crippen LogP contribution in [0.2, 0.25) is 0 Å². The average molecular weight is 501 g/mol. The van der Waals surface area contributed by atoms with E-state index in [1.54, 1.807) is 10.8 Å². The molecule has 0 bridgehead atoms. The fraction of sp³-hybridized carbons (Fsp3) is 0.357. The van der Waals surface area contributed by atoms with Crippen LogP contribution in [0.15, 0.2) is 59.5 Å². The van der Waals surface area contributed by atoms with Crippen molar-refractivity contribution in [2.24, 2.45) is 0 Å². The molecule has 0 spiro atoms. The third kappa shape index (κ3) is 5.05. The zero-order chi connectivity index (χ0) is 25.9. The molecule has 0 saturated carbocycles. The van der Waals surface area contributed by atoms with Crippen LogP contribution < -0.4 is 16.4 Å². The predicted molar refractivity (Wildman–Crippen MR) is 142 cm³/mol. The number of morpholine rings is 1. The summed E-state index contributed by atoms with van der Waals surface area (Å²) in [6.07, 6.45) is 2.44. The lowest BCUT2D eigenvalue weighted by Crippen LogP contribution is -2.38. The molecule has 1 fully saturated rings. The van der Waals surface area contributed by atoms with E-state index in [1.807, 2.05) is 56.3 Å². The summed E-state index contributed by atoms with van der Waals surface area (Å²) < 4.78 is 8.67. The van der Waals surface area contributed by atoms with Crippen molar-refractivity contribution < 1.29 is 9.53 Å². The molecule has 1 amide bonds. The number of nitrogens with zero attached hydrogens (tertiary/aromatic N) is 4. The highest BCUT2D eigenvalue weighted by molar-refractivity contribution is 5.97. The molecular weight excluding hydrogens is 468 g/mol. The van der Waals surface area contributed by atoms with Gasteiger partial charge in [0.15, 0.2) is 0 Å². The molecule has 4 heterocycles. The summed E-state index contributed by atoms with van der Waals surface area (Å²) >= 11 is 0. The predicted octanol–water partition coefficient (Wildman–Crippen LogP) is 2.65. The molecule has 0 unspecified atom stereocenters. The SMILES string of the molecule is Cc1cccn2c(=O)c3cc(C(=O)N[C@@H](C)c4ccccc4)c(=N)n(CCCN4CCOCC4)c3nc12. The molecule has 3 aromatic heterocycles. The second-order valence-electron chi connectivity index (χ2n) is 9.51. The van der Waals surface area contributed by atoms with Gasteiger partial charge in [0.2, 0.25) is 0 Å². The Morgan fingerprint density at radius 3 is 2.62 bits per heavy atom. The summed E-state index contributed by atoms with van der Waals surface area (Å²) in [5, 5.41) is 12.3. The van der Waals surface area contributed by atoms with Crippen molar-refractivity contribution >= 4 is 22.6 Å². The third-order valence-corrected chi connectivity index (χ3v) is 6.99. The second kappa shape index (κ2) is 10.7. The van der Waals surface area contributed by atoms with E-state index < -0.39 is 0 Å². The van der Waals surface area contributed by atoms with E-state index in [-0.39, 0.29) is 28.6 Å². The number of rotatable bonds is 7. The van der Waals surface area contributed by atoms with E-state index in [0.29, 0.717) is 23.2 Å². The van der Waals surface area contributed by atoms with E-state index >= 15 is 0 Å². The van der Waals surface area contributed by atoms with Crippen molar-refractivity contribution in [1.29, 1.82) is 5.41 Å². The zero-order valence-corrected chi connectivity index (χ0v) is 21.2. The van der Waals surface area contributed by atoms with Gasteiger partial charge in [0.25, 0.3) is 11.5 Å². The van der Waals surface area contributed by atoms with Crippen LogP contribution in [0.25, 0.3) is 16.7 Å². The van der Waals surface area contributed by atoms with Gasteiger partial charge in [-0.2, -0.15) is 0 Å². The van der Waals surface area contributed by atoms with Gasteiger partial charge in [0.1, 0.15) is 16.8 Å². The highest BCUT2D eigenvalue weighted by atomic mass is 16.5. The smallest absolute Gasteiger partial charge is 0.267 e. The van der Waals surface area contributed by atoms with E-state index in [0.717, 1.165) is 50.4 Å². The summed E-state index contributed by atoms with van der Waals surface area (Å²) in [4.78, 5) is 34.1. The lowest BCUT2D eigenvalue weighted by atomic mass is 10.1. The van der Waals surface area contributed by atoms with Gasteiger partial charge >= 0.3 is 0 Å². The number of nitrogens with one attached hydrogen (secondary N) is 2. The number of hydrogen-bond acceptors (Lipinski definition) is 6. The fourth-order valence-corrected chi connectivity index (χ4v) is 4.86. The maximum absolute atomic E-state index is 13.5. The first kappa shape index (κ1) is 24.9. The number of pyridine rings is 2. The lowest BCUT2D eigenvalue weighted by molar-refractivity contribution is 0.0369. The van der Waals surface area contributed by atoms with Crippen molar-refractivity contribution in [2.45, 2.75) is 32.9 Å². The summed E-state index contributed by atoms with van der Waals surface area (Å²) in [6, 6.07) is 14.7. The first-order valence-corrected chi connectivity index (χ1v) is 12.7. The molecule has 1 aliphatic heterocycles. The van der Waals surface area contributed by atoms with Crippen molar-refractivity contribution in [3.8, 4) is 0 Å². The van der Waals surface area contributed by atoms with Gasteiger partial charge in [-0.05, 0) is 43.5 Å². The summed E-state index contributed by atoms with van der Waals surface area (Å²) in [5.41, 5.74) is 2.77. The number of amides is 1. The minimum Gasteiger partial charge on any atom is -0.379 e. The molecule has 9 nitrogen and oxygen atoms in total. The number of aryl methyl sites for hydroxylation is 2. The molecular formula is C28H32N6O3.